The average Bonchev–Trinajstić information content (AvgIpc) is 1.80. The third kappa shape index (κ3) is 5.59. The lowest BCUT2D eigenvalue weighted by molar-refractivity contribution is -0.143. The summed E-state index contributed by atoms with van der Waals surface area (Å²) in [5.41, 5.74) is 0. The summed E-state index contributed by atoms with van der Waals surface area (Å²) in [6.07, 6.45) is 0. The van der Waals surface area contributed by atoms with Crippen LogP contribution in [0.25, 0.3) is 0 Å². The number of rotatable bonds is 2. The molecule has 0 aliphatic heterocycles. The standard InChI is InChI=1S/C6H9Cl3O2/c1-4(2)3-11-5(10)6(7,8)9/h4H,3H2,1-2H3. The van der Waals surface area contributed by atoms with Crippen LogP contribution in [0.3, 0.4) is 0 Å². The smallest absolute Gasteiger partial charge is 0.358 e. The molecule has 0 bridgehead atoms. The maximum absolute atomic E-state index is 10.8. The van der Waals surface area contributed by atoms with Crippen LogP contribution >= 0.6 is 34.8 Å². The Kier molecular flexibility index (Phi) is 4.52. The van der Waals surface area contributed by atoms with E-state index in [4.69, 9.17) is 34.8 Å². The zero-order chi connectivity index (χ0) is 9.07. The highest BCUT2D eigenvalue weighted by atomic mass is 35.6. The highest BCUT2D eigenvalue weighted by Crippen LogP contribution is 2.27. The predicted molar refractivity (Wildman–Crippen MR) is 46.1 cm³/mol. The number of hydrogen-bond donors (Lipinski definition) is 0. The molecule has 0 heterocycles. The minimum absolute atomic E-state index is 0.242. The molecule has 0 saturated carbocycles. The Morgan fingerprint density at radius 1 is 1.45 bits per heavy atom. The monoisotopic (exact) mass is 218 g/mol. The van der Waals surface area contributed by atoms with E-state index >= 15 is 0 Å². The third-order valence-electron chi connectivity index (χ3n) is 0.779. The molecule has 0 rings (SSSR count). The summed E-state index contributed by atoms with van der Waals surface area (Å²) in [6.45, 7) is 4.06. The van der Waals surface area contributed by atoms with Crippen molar-refractivity contribution in [3.05, 3.63) is 0 Å². The third-order valence-corrected chi connectivity index (χ3v) is 1.24. The summed E-state index contributed by atoms with van der Waals surface area (Å²) in [4.78, 5) is 10.8. The maximum atomic E-state index is 10.8. The largest absolute Gasteiger partial charge is 0.462 e. The van der Waals surface area contributed by atoms with Crippen molar-refractivity contribution in [2.45, 2.75) is 17.6 Å². The van der Waals surface area contributed by atoms with E-state index in [1.807, 2.05) is 13.8 Å². The number of halogens is 3. The quantitative estimate of drug-likeness (QED) is 0.527. The molecule has 0 amide bonds. The van der Waals surface area contributed by atoms with Gasteiger partial charge < -0.3 is 4.74 Å². The van der Waals surface area contributed by atoms with Gasteiger partial charge in [-0.25, -0.2) is 4.79 Å². The molecule has 0 saturated heterocycles. The molecule has 0 aromatic carbocycles. The van der Waals surface area contributed by atoms with Gasteiger partial charge >= 0.3 is 5.97 Å². The van der Waals surface area contributed by atoms with Crippen molar-refractivity contribution in [2.75, 3.05) is 6.61 Å². The molecular formula is C6H9Cl3O2. The van der Waals surface area contributed by atoms with Gasteiger partial charge in [0.05, 0.1) is 6.61 Å². The van der Waals surface area contributed by atoms with E-state index in [0.29, 0.717) is 0 Å². The Bertz CT molecular complexity index is 139. The van der Waals surface area contributed by atoms with Crippen molar-refractivity contribution in [3.8, 4) is 0 Å². The van der Waals surface area contributed by atoms with Crippen LogP contribution in [0.4, 0.5) is 0 Å². The van der Waals surface area contributed by atoms with Gasteiger partial charge in [0.25, 0.3) is 3.79 Å². The van der Waals surface area contributed by atoms with Crippen molar-refractivity contribution in [1.29, 1.82) is 0 Å². The summed E-state index contributed by atoms with van der Waals surface area (Å²) in [5.74, 6) is -0.581. The molecule has 0 aliphatic rings. The Labute approximate surface area is 80.7 Å². The predicted octanol–water partition coefficient (Wildman–Crippen LogP) is 2.56. The van der Waals surface area contributed by atoms with Crippen LogP contribution in [-0.4, -0.2) is 16.4 Å². The van der Waals surface area contributed by atoms with Crippen LogP contribution in [0, 0.1) is 5.92 Å². The normalized spacial score (nSPS) is 11.8. The second-order valence-corrected chi connectivity index (χ2v) is 4.77. The van der Waals surface area contributed by atoms with Crippen LogP contribution in [0.15, 0.2) is 0 Å². The minimum atomic E-state index is -1.95. The number of ether oxygens (including phenoxy) is 1. The highest BCUT2D eigenvalue weighted by Gasteiger charge is 2.32. The number of esters is 1. The molecular weight excluding hydrogens is 210 g/mol. The summed E-state index contributed by atoms with van der Waals surface area (Å²) >= 11 is 15.7. The van der Waals surface area contributed by atoms with Crippen molar-refractivity contribution < 1.29 is 9.53 Å². The number of carbonyl (C=O) groups excluding carboxylic acids is 1. The summed E-state index contributed by atoms with van der Waals surface area (Å²) < 4.78 is 2.68. The van der Waals surface area contributed by atoms with Gasteiger partial charge in [-0.3, -0.25) is 0 Å². The Balaban J connectivity index is 3.71. The van der Waals surface area contributed by atoms with E-state index in [0.717, 1.165) is 0 Å². The van der Waals surface area contributed by atoms with Crippen molar-refractivity contribution >= 4 is 40.8 Å². The van der Waals surface area contributed by atoms with E-state index in [9.17, 15) is 4.79 Å². The van der Waals surface area contributed by atoms with Crippen molar-refractivity contribution in [3.63, 3.8) is 0 Å². The summed E-state index contributed by atoms with van der Waals surface area (Å²) in [6, 6.07) is 0. The van der Waals surface area contributed by atoms with E-state index in [2.05, 4.69) is 4.74 Å². The van der Waals surface area contributed by atoms with E-state index in [1.54, 1.807) is 0 Å². The lowest BCUT2D eigenvalue weighted by Gasteiger charge is -2.11. The topological polar surface area (TPSA) is 26.3 Å². The first kappa shape index (κ1) is 11.3. The SMILES string of the molecule is CC(C)COC(=O)C(Cl)(Cl)Cl. The molecule has 0 radical (unpaired) electrons. The van der Waals surface area contributed by atoms with Gasteiger partial charge in [-0.2, -0.15) is 0 Å². The average molecular weight is 219 g/mol. The number of hydrogen-bond acceptors (Lipinski definition) is 2. The van der Waals surface area contributed by atoms with Crippen LogP contribution in [-0.2, 0) is 9.53 Å². The first-order valence-corrected chi connectivity index (χ1v) is 4.21. The van der Waals surface area contributed by atoms with Gasteiger partial charge in [0.15, 0.2) is 0 Å². The second-order valence-electron chi connectivity index (χ2n) is 2.49. The van der Waals surface area contributed by atoms with Crippen LogP contribution in [0.5, 0.6) is 0 Å². The van der Waals surface area contributed by atoms with Crippen LogP contribution in [0.1, 0.15) is 13.8 Å². The molecule has 0 spiro atoms. The fourth-order valence-electron chi connectivity index (χ4n) is 0.324. The summed E-state index contributed by atoms with van der Waals surface area (Å²) in [7, 11) is 0. The first-order valence-electron chi connectivity index (χ1n) is 3.08. The van der Waals surface area contributed by atoms with E-state index < -0.39 is 9.76 Å². The zero-order valence-electron chi connectivity index (χ0n) is 6.23. The fraction of sp³-hybridized carbons (Fsp3) is 0.833. The lowest BCUT2D eigenvalue weighted by Crippen LogP contribution is -2.23. The van der Waals surface area contributed by atoms with Gasteiger partial charge in [-0.15, -0.1) is 0 Å². The molecule has 0 atom stereocenters. The Morgan fingerprint density at radius 2 is 1.91 bits per heavy atom. The van der Waals surface area contributed by atoms with E-state index in [-0.39, 0.29) is 12.5 Å². The second kappa shape index (κ2) is 4.39. The Morgan fingerprint density at radius 3 is 2.18 bits per heavy atom. The fourth-order valence-corrected chi connectivity index (χ4v) is 0.488. The molecule has 0 aromatic rings. The molecule has 0 N–H and O–H groups in total. The van der Waals surface area contributed by atoms with Gasteiger partial charge in [0.2, 0.25) is 0 Å². The molecule has 11 heavy (non-hydrogen) atoms. The van der Waals surface area contributed by atoms with Crippen LogP contribution in [0.2, 0.25) is 0 Å². The molecule has 5 heteroatoms. The molecule has 0 aromatic heterocycles. The number of alkyl halides is 3. The highest BCUT2D eigenvalue weighted by molar-refractivity contribution is 6.75. The minimum Gasteiger partial charge on any atom is -0.462 e. The van der Waals surface area contributed by atoms with E-state index in [1.165, 1.54) is 0 Å². The van der Waals surface area contributed by atoms with Gasteiger partial charge in [0, 0.05) is 0 Å². The maximum Gasteiger partial charge on any atom is 0.358 e. The summed E-state index contributed by atoms with van der Waals surface area (Å²) in [5, 5.41) is 0. The van der Waals surface area contributed by atoms with Crippen molar-refractivity contribution in [2.24, 2.45) is 5.92 Å². The molecule has 2 nitrogen and oxygen atoms in total. The molecule has 0 unspecified atom stereocenters. The lowest BCUT2D eigenvalue weighted by atomic mass is 10.2. The van der Waals surface area contributed by atoms with Crippen LogP contribution < -0.4 is 0 Å². The van der Waals surface area contributed by atoms with Gasteiger partial charge in [-0.05, 0) is 5.92 Å². The zero-order valence-corrected chi connectivity index (χ0v) is 8.50. The number of carbonyl (C=O) groups is 1. The van der Waals surface area contributed by atoms with Gasteiger partial charge in [-0.1, -0.05) is 48.7 Å². The molecule has 0 fully saturated rings. The Hall–Kier alpha value is 0.340. The molecule has 0 aliphatic carbocycles. The van der Waals surface area contributed by atoms with Gasteiger partial charge in [0.1, 0.15) is 0 Å². The van der Waals surface area contributed by atoms with Crippen molar-refractivity contribution in [1.82, 2.24) is 0 Å². The first-order chi connectivity index (χ1) is 4.84. The molecule has 66 valence electrons.